The van der Waals surface area contributed by atoms with Crippen LogP contribution in [0.4, 0.5) is 0 Å². The Labute approximate surface area is 154 Å². The molecule has 0 bridgehead atoms. The van der Waals surface area contributed by atoms with Crippen molar-refractivity contribution >= 4 is 23.6 Å². The Balaban J connectivity index is 3.22. The van der Waals surface area contributed by atoms with Crippen molar-refractivity contribution in [2.24, 2.45) is 11.7 Å². The summed E-state index contributed by atoms with van der Waals surface area (Å²) in [6.45, 7) is 8.47. The van der Waals surface area contributed by atoms with Crippen molar-refractivity contribution in [1.29, 1.82) is 0 Å². The minimum absolute atomic E-state index is 0.0780. The van der Waals surface area contributed by atoms with Crippen molar-refractivity contribution in [3.8, 4) is 0 Å². The van der Waals surface area contributed by atoms with Crippen LogP contribution >= 0.6 is 11.8 Å². The lowest BCUT2D eigenvalue weighted by Gasteiger charge is -2.09. The average Bonchev–Trinajstić information content (AvgIpc) is 2.58. The number of thioether (sulfide) groups is 1. The molecule has 9 heteroatoms. The lowest BCUT2D eigenvalue weighted by molar-refractivity contribution is -0.121. The minimum Gasteiger partial charge on any atom is -0.379 e. The third-order valence-electron chi connectivity index (χ3n) is 2.98. The number of nitrogens with two attached hydrogens (primary N) is 1. The van der Waals surface area contributed by atoms with E-state index in [1.807, 2.05) is 6.92 Å². The molecule has 0 fully saturated rings. The van der Waals surface area contributed by atoms with Gasteiger partial charge in [0.1, 0.15) is 0 Å². The minimum atomic E-state index is -0.347. The van der Waals surface area contributed by atoms with Crippen molar-refractivity contribution in [2.75, 3.05) is 70.9 Å². The maximum absolute atomic E-state index is 11.5. The second kappa shape index (κ2) is 17.9. The molecule has 0 aliphatic rings. The summed E-state index contributed by atoms with van der Waals surface area (Å²) in [6, 6.07) is 0. The molecule has 148 valence electrons. The zero-order valence-electron chi connectivity index (χ0n) is 15.3. The Bertz CT molecular complexity index is 347. The van der Waals surface area contributed by atoms with Gasteiger partial charge in [-0.15, -0.1) is 0 Å². The number of amides is 2. The van der Waals surface area contributed by atoms with Crippen molar-refractivity contribution < 1.29 is 28.5 Å². The summed E-state index contributed by atoms with van der Waals surface area (Å²) in [6.07, 6.45) is 0. The molecule has 0 radical (unpaired) electrons. The molecule has 8 nitrogen and oxygen atoms in total. The molecule has 2 amide bonds. The number of primary amides is 1. The first-order chi connectivity index (χ1) is 12.1. The first-order valence-electron chi connectivity index (χ1n) is 8.52. The highest BCUT2D eigenvalue weighted by Crippen LogP contribution is 2.07. The van der Waals surface area contributed by atoms with Crippen LogP contribution in [0.3, 0.4) is 0 Å². The number of hydrogen-bond donors (Lipinski definition) is 2. The van der Waals surface area contributed by atoms with E-state index in [0.29, 0.717) is 70.9 Å². The van der Waals surface area contributed by atoms with Gasteiger partial charge < -0.3 is 30.0 Å². The van der Waals surface area contributed by atoms with Crippen LogP contribution in [0.5, 0.6) is 0 Å². The van der Waals surface area contributed by atoms with Crippen LogP contribution in [0.2, 0.25) is 0 Å². The fraction of sp³-hybridized carbons (Fsp3) is 0.875. The van der Waals surface area contributed by atoms with E-state index in [2.05, 4.69) is 5.32 Å². The number of carbonyl (C=O) groups excluding carboxylic acids is 2. The van der Waals surface area contributed by atoms with Crippen molar-refractivity contribution in [3.63, 3.8) is 0 Å². The van der Waals surface area contributed by atoms with Gasteiger partial charge in [0.25, 0.3) is 0 Å². The molecule has 0 aliphatic carbocycles. The van der Waals surface area contributed by atoms with Crippen LogP contribution in [0, 0.1) is 5.92 Å². The van der Waals surface area contributed by atoms with Gasteiger partial charge in [-0.05, 0) is 6.92 Å². The highest BCUT2D eigenvalue weighted by molar-refractivity contribution is 7.99. The molecular formula is C16H32N2O6S. The van der Waals surface area contributed by atoms with Crippen LogP contribution in [0.25, 0.3) is 0 Å². The van der Waals surface area contributed by atoms with Gasteiger partial charge >= 0.3 is 0 Å². The zero-order valence-corrected chi connectivity index (χ0v) is 16.1. The van der Waals surface area contributed by atoms with Crippen LogP contribution < -0.4 is 11.1 Å². The Morgan fingerprint density at radius 2 is 1.48 bits per heavy atom. The van der Waals surface area contributed by atoms with Gasteiger partial charge in [-0.1, -0.05) is 6.92 Å². The topological polar surface area (TPSA) is 109 Å². The summed E-state index contributed by atoms with van der Waals surface area (Å²) in [5, 5.41) is 2.75. The zero-order chi connectivity index (χ0) is 18.8. The molecule has 0 saturated heterocycles. The first kappa shape index (κ1) is 24.1. The SMILES string of the molecule is CCOCCOCCOCCOCCNC(=O)CSC[C@H](C)C(N)=O. The maximum Gasteiger partial charge on any atom is 0.230 e. The predicted octanol–water partition coefficient (Wildman–Crippen LogP) is 0.0435. The fourth-order valence-electron chi connectivity index (χ4n) is 1.53. The molecule has 0 rings (SSSR count). The lowest BCUT2D eigenvalue weighted by Crippen LogP contribution is -2.30. The molecule has 0 heterocycles. The van der Waals surface area contributed by atoms with Gasteiger partial charge in [0.15, 0.2) is 0 Å². The molecule has 0 aliphatic heterocycles. The van der Waals surface area contributed by atoms with E-state index < -0.39 is 0 Å². The number of carbonyl (C=O) groups is 2. The van der Waals surface area contributed by atoms with Gasteiger partial charge in [-0.3, -0.25) is 9.59 Å². The second-order valence-electron chi connectivity index (χ2n) is 5.20. The predicted molar refractivity (Wildman–Crippen MR) is 97.6 cm³/mol. The van der Waals surface area contributed by atoms with E-state index in [9.17, 15) is 9.59 Å². The van der Waals surface area contributed by atoms with E-state index >= 15 is 0 Å². The first-order valence-corrected chi connectivity index (χ1v) is 9.68. The number of nitrogens with one attached hydrogen (secondary N) is 1. The van der Waals surface area contributed by atoms with Gasteiger partial charge in [-0.2, -0.15) is 11.8 Å². The van der Waals surface area contributed by atoms with Gasteiger partial charge in [0, 0.05) is 24.8 Å². The van der Waals surface area contributed by atoms with Crippen molar-refractivity contribution in [1.82, 2.24) is 5.32 Å². The van der Waals surface area contributed by atoms with Gasteiger partial charge in [0.05, 0.1) is 52.0 Å². The standard InChI is InChI=1S/C16H32N2O6S/c1-3-21-6-7-23-10-11-24-9-8-22-5-4-18-15(19)13-25-12-14(2)16(17)20/h14H,3-13H2,1-2H3,(H2,17,20)(H,18,19)/t14-/m0/s1. The molecular weight excluding hydrogens is 348 g/mol. The third-order valence-corrected chi connectivity index (χ3v) is 4.18. The van der Waals surface area contributed by atoms with Gasteiger partial charge in [-0.25, -0.2) is 0 Å². The fourth-order valence-corrected chi connectivity index (χ4v) is 2.45. The van der Waals surface area contributed by atoms with E-state index in [-0.39, 0.29) is 17.7 Å². The molecule has 0 aromatic heterocycles. The van der Waals surface area contributed by atoms with Crippen LogP contribution in [0.1, 0.15) is 13.8 Å². The normalized spacial score (nSPS) is 12.1. The molecule has 0 saturated carbocycles. The summed E-state index contributed by atoms with van der Waals surface area (Å²) in [5.74, 6) is 0.207. The van der Waals surface area contributed by atoms with Crippen LogP contribution in [0.15, 0.2) is 0 Å². The highest BCUT2D eigenvalue weighted by atomic mass is 32.2. The Morgan fingerprint density at radius 3 is 2.00 bits per heavy atom. The summed E-state index contributed by atoms with van der Waals surface area (Å²) in [5.41, 5.74) is 5.15. The molecule has 1 atom stereocenters. The summed E-state index contributed by atoms with van der Waals surface area (Å²) < 4.78 is 21.1. The second-order valence-corrected chi connectivity index (χ2v) is 6.23. The maximum atomic E-state index is 11.5. The summed E-state index contributed by atoms with van der Waals surface area (Å²) >= 11 is 1.39. The molecule has 0 aromatic carbocycles. The van der Waals surface area contributed by atoms with E-state index in [1.54, 1.807) is 6.92 Å². The molecule has 0 spiro atoms. The van der Waals surface area contributed by atoms with Crippen molar-refractivity contribution in [3.05, 3.63) is 0 Å². The number of hydrogen-bond acceptors (Lipinski definition) is 7. The van der Waals surface area contributed by atoms with E-state index in [0.717, 1.165) is 0 Å². The van der Waals surface area contributed by atoms with Gasteiger partial charge in [0.2, 0.25) is 11.8 Å². The van der Waals surface area contributed by atoms with Crippen molar-refractivity contribution in [2.45, 2.75) is 13.8 Å². The number of rotatable bonds is 18. The van der Waals surface area contributed by atoms with Crippen LogP contribution in [-0.2, 0) is 28.5 Å². The smallest absolute Gasteiger partial charge is 0.230 e. The Kier molecular flexibility index (Phi) is 17.3. The lowest BCUT2D eigenvalue weighted by atomic mass is 10.2. The monoisotopic (exact) mass is 380 g/mol. The molecule has 3 N–H and O–H groups in total. The average molecular weight is 381 g/mol. The van der Waals surface area contributed by atoms with Crippen LogP contribution in [-0.4, -0.2) is 82.7 Å². The quantitative estimate of drug-likeness (QED) is 0.323. The molecule has 0 unspecified atom stereocenters. The van der Waals surface area contributed by atoms with E-state index in [1.165, 1.54) is 11.8 Å². The Morgan fingerprint density at radius 1 is 0.960 bits per heavy atom. The number of ether oxygens (including phenoxy) is 4. The summed E-state index contributed by atoms with van der Waals surface area (Å²) in [4.78, 5) is 22.4. The molecule has 25 heavy (non-hydrogen) atoms. The highest BCUT2D eigenvalue weighted by Gasteiger charge is 2.09. The van der Waals surface area contributed by atoms with E-state index in [4.69, 9.17) is 24.7 Å². The molecule has 0 aromatic rings. The summed E-state index contributed by atoms with van der Waals surface area (Å²) in [7, 11) is 0. The largest absolute Gasteiger partial charge is 0.379 e. The Hall–Kier alpha value is -0.870. The third kappa shape index (κ3) is 17.7.